The first-order valence-corrected chi connectivity index (χ1v) is 7.39. The van der Waals surface area contributed by atoms with E-state index in [1.165, 1.54) is 18.4 Å². The summed E-state index contributed by atoms with van der Waals surface area (Å²) in [6.07, 6.45) is 10.3. The van der Waals surface area contributed by atoms with E-state index in [0.717, 1.165) is 12.1 Å². The monoisotopic (exact) mass is 279 g/mol. The van der Waals surface area contributed by atoms with Gasteiger partial charge >= 0.3 is 0 Å². The lowest BCUT2D eigenvalue weighted by Crippen LogP contribution is -2.05. The lowest BCUT2D eigenvalue weighted by molar-refractivity contribution is 0.735. The summed E-state index contributed by atoms with van der Waals surface area (Å²) in [5.74, 6) is 0. The van der Waals surface area contributed by atoms with Gasteiger partial charge in [0.05, 0.1) is 0 Å². The highest BCUT2D eigenvalue weighted by Crippen LogP contribution is 2.03. The molecule has 0 aliphatic carbocycles. The summed E-state index contributed by atoms with van der Waals surface area (Å²) in [6, 6.07) is 0. The Hall–Kier alpha value is -1.50. The smallest absolute Gasteiger partial charge is 0.0141 e. The Morgan fingerprint density at radius 3 is 1.95 bits per heavy atom. The van der Waals surface area contributed by atoms with Gasteiger partial charge in [-0.3, -0.25) is 0 Å². The van der Waals surface area contributed by atoms with Gasteiger partial charge in [-0.15, -0.1) is 19.7 Å². The molecule has 118 valence electrons. The maximum atomic E-state index is 3.86. The van der Waals surface area contributed by atoms with Crippen LogP contribution in [-0.2, 0) is 0 Å². The zero-order valence-electron chi connectivity index (χ0n) is 14.8. The third-order valence-electron chi connectivity index (χ3n) is 1.91. The standard InChI is InChI=1S/C12H21N.C3H6.C2H6.C2H4/c1-5-6-9-13-10-7-8-12(4)11(2)3;1-3-2;2*1-2/h7-8,10,13H,2,5-6,9H2,1,3-4H3;3H,1H2,2H3;1-2H3;1-2H2/b10-7+,12-8+;;;. The van der Waals surface area contributed by atoms with E-state index >= 15 is 0 Å². The molecule has 0 bridgehead atoms. The minimum atomic E-state index is 1.06. The van der Waals surface area contributed by atoms with Crippen LogP contribution in [0.4, 0.5) is 0 Å². The maximum absolute atomic E-state index is 3.86. The fourth-order valence-corrected chi connectivity index (χ4v) is 0.765. The summed E-state index contributed by atoms with van der Waals surface area (Å²) in [7, 11) is 0. The van der Waals surface area contributed by atoms with Crippen LogP contribution in [-0.4, -0.2) is 6.54 Å². The number of hydrogen-bond donors (Lipinski definition) is 1. The van der Waals surface area contributed by atoms with Gasteiger partial charge in [0.1, 0.15) is 0 Å². The Morgan fingerprint density at radius 1 is 1.15 bits per heavy atom. The number of nitrogens with one attached hydrogen (secondary N) is 1. The van der Waals surface area contributed by atoms with E-state index in [9.17, 15) is 0 Å². The van der Waals surface area contributed by atoms with Gasteiger partial charge in [-0.2, -0.15) is 0 Å². The predicted molar refractivity (Wildman–Crippen MR) is 99.1 cm³/mol. The molecule has 0 amide bonds. The molecule has 0 aromatic carbocycles. The molecule has 0 radical (unpaired) electrons. The van der Waals surface area contributed by atoms with E-state index in [2.05, 4.69) is 51.6 Å². The van der Waals surface area contributed by atoms with Crippen molar-refractivity contribution in [2.45, 2.75) is 54.4 Å². The summed E-state index contributed by atoms with van der Waals surface area (Å²) < 4.78 is 0. The second-order valence-electron chi connectivity index (χ2n) is 3.71. The van der Waals surface area contributed by atoms with E-state index in [-0.39, 0.29) is 0 Å². The molecular weight excluding hydrogens is 242 g/mol. The zero-order valence-corrected chi connectivity index (χ0v) is 14.8. The van der Waals surface area contributed by atoms with Crippen molar-refractivity contribution in [1.82, 2.24) is 5.32 Å². The van der Waals surface area contributed by atoms with Gasteiger partial charge < -0.3 is 5.32 Å². The van der Waals surface area contributed by atoms with Crippen LogP contribution in [0.25, 0.3) is 0 Å². The summed E-state index contributed by atoms with van der Waals surface area (Å²) in [5.41, 5.74) is 2.35. The highest BCUT2D eigenvalue weighted by Gasteiger charge is 1.84. The predicted octanol–water partition coefficient (Wildman–Crippen LogP) is 6.43. The molecule has 0 aromatic rings. The van der Waals surface area contributed by atoms with Gasteiger partial charge in [0, 0.05) is 6.54 Å². The van der Waals surface area contributed by atoms with Crippen LogP contribution in [0.2, 0.25) is 0 Å². The first-order valence-electron chi connectivity index (χ1n) is 7.39. The first kappa shape index (κ1) is 26.9. The molecule has 0 atom stereocenters. The zero-order chi connectivity index (χ0) is 16.8. The Morgan fingerprint density at radius 2 is 1.60 bits per heavy atom. The minimum Gasteiger partial charge on any atom is -0.391 e. The average molecular weight is 280 g/mol. The van der Waals surface area contributed by atoms with E-state index in [0.29, 0.717) is 0 Å². The van der Waals surface area contributed by atoms with Crippen LogP contribution in [0.3, 0.4) is 0 Å². The molecule has 1 N–H and O–H groups in total. The van der Waals surface area contributed by atoms with Crippen LogP contribution in [0.1, 0.15) is 54.4 Å². The summed E-state index contributed by atoms with van der Waals surface area (Å²) in [5, 5.41) is 3.23. The molecule has 0 saturated heterocycles. The number of allylic oxidation sites excluding steroid dienone is 5. The van der Waals surface area contributed by atoms with E-state index in [1.54, 1.807) is 6.08 Å². The molecule has 0 rings (SSSR count). The van der Waals surface area contributed by atoms with Crippen molar-refractivity contribution in [2.24, 2.45) is 0 Å². The van der Waals surface area contributed by atoms with Crippen LogP contribution in [0, 0.1) is 0 Å². The van der Waals surface area contributed by atoms with Crippen LogP contribution in [0.5, 0.6) is 0 Å². The largest absolute Gasteiger partial charge is 0.391 e. The lowest BCUT2D eigenvalue weighted by Gasteiger charge is -1.97. The molecule has 0 aliphatic heterocycles. The van der Waals surface area contributed by atoms with E-state index in [1.807, 2.05) is 40.0 Å². The van der Waals surface area contributed by atoms with Crippen molar-refractivity contribution in [3.8, 4) is 0 Å². The lowest BCUT2D eigenvalue weighted by atomic mass is 10.1. The number of rotatable bonds is 6. The molecule has 0 spiro atoms. The first-order chi connectivity index (χ1) is 9.59. The second kappa shape index (κ2) is 30.5. The molecule has 0 aliphatic rings. The average Bonchev–Trinajstić information content (AvgIpc) is 2.47. The van der Waals surface area contributed by atoms with Crippen LogP contribution < -0.4 is 5.32 Å². The minimum absolute atomic E-state index is 1.06. The quantitative estimate of drug-likeness (QED) is 0.335. The van der Waals surface area contributed by atoms with Crippen molar-refractivity contribution in [3.63, 3.8) is 0 Å². The third kappa shape index (κ3) is 36.0. The normalized spacial score (nSPS) is 9.00. The van der Waals surface area contributed by atoms with Crippen molar-refractivity contribution >= 4 is 0 Å². The molecule has 0 heterocycles. The van der Waals surface area contributed by atoms with Crippen LogP contribution in [0.15, 0.2) is 61.9 Å². The topological polar surface area (TPSA) is 12.0 Å². The van der Waals surface area contributed by atoms with Crippen molar-refractivity contribution in [2.75, 3.05) is 6.54 Å². The maximum Gasteiger partial charge on any atom is 0.0141 e. The molecule has 0 saturated carbocycles. The molecule has 0 unspecified atom stereocenters. The molecule has 0 fully saturated rings. The highest BCUT2D eigenvalue weighted by molar-refractivity contribution is 5.27. The molecule has 1 nitrogen and oxygen atoms in total. The van der Waals surface area contributed by atoms with Gasteiger partial charge in [0.25, 0.3) is 0 Å². The molecule has 1 heteroatoms. The Balaban J connectivity index is -0.000000155. The number of hydrogen-bond acceptors (Lipinski definition) is 1. The van der Waals surface area contributed by atoms with Gasteiger partial charge in [-0.1, -0.05) is 51.5 Å². The van der Waals surface area contributed by atoms with Gasteiger partial charge in [0.15, 0.2) is 0 Å². The third-order valence-corrected chi connectivity index (χ3v) is 1.91. The summed E-state index contributed by atoms with van der Waals surface area (Å²) >= 11 is 0. The summed E-state index contributed by atoms with van der Waals surface area (Å²) in [4.78, 5) is 0. The second-order valence-corrected chi connectivity index (χ2v) is 3.71. The van der Waals surface area contributed by atoms with Crippen molar-refractivity contribution in [1.29, 1.82) is 0 Å². The Kier molecular flexibility index (Phi) is 41.1. The Bertz CT molecular complexity index is 246. The summed E-state index contributed by atoms with van der Waals surface area (Å²) in [6.45, 7) is 26.5. The SMILES string of the molecule is C=C.C=C(C)/C(C)=C/C=C/NCCCC.C=CC.CC. The van der Waals surface area contributed by atoms with Gasteiger partial charge in [-0.25, -0.2) is 0 Å². The van der Waals surface area contributed by atoms with E-state index < -0.39 is 0 Å². The Labute approximate surface area is 128 Å². The highest BCUT2D eigenvalue weighted by atomic mass is 14.8. The van der Waals surface area contributed by atoms with E-state index in [4.69, 9.17) is 0 Å². The molecule has 0 aromatic heterocycles. The fraction of sp³-hybridized carbons (Fsp3) is 0.474. The van der Waals surface area contributed by atoms with Gasteiger partial charge in [0.2, 0.25) is 0 Å². The van der Waals surface area contributed by atoms with Crippen molar-refractivity contribution < 1.29 is 0 Å². The van der Waals surface area contributed by atoms with Gasteiger partial charge in [-0.05, 0) is 45.0 Å². The molecule has 20 heavy (non-hydrogen) atoms. The number of unbranched alkanes of at least 4 members (excludes halogenated alkanes) is 1. The van der Waals surface area contributed by atoms with Crippen molar-refractivity contribution in [3.05, 3.63) is 61.9 Å². The molecular formula is C19H37N. The van der Waals surface area contributed by atoms with Crippen LogP contribution >= 0.6 is 0 Å². The fourth-order valence-electron chi connectivity index (χ4n) is 0.765.